The van der Waals surface area contributed by atoms with Crippen molar-refractivity contribution in [2.24, 2.45) is 0 Å². The molecule has 1 aromatic heterocycles. The highest BCUT2D eigenvalue weighted by atomic mass is 16.5. The smallest absolute Gasteiger partial charge is 0.346 e. The number of ether oxygens (including phenoxy) is 1. The Morgan fingerprint density at radius 3 is 2.88 bits per heavy atom. The molecular weight excluding hydrogens is 306 g/mol. The highest BCUT2D eigenvalue weighted by Gasteiger charge is 2.17. The van der Waals surface area contributed by atoms with E-state index in [0.29, 0.717) is 12.2 Å². The summed E-state index contributed by atoms with van der Waals surface area (Å²) in [6.07, 6.45) is 2.02. The van der Waals surface area contributed by atoms with Crippen LogP contribution >= 0.6 is 0 Å². The topological polar surface area (TPSA) is 84.1 Å². The molecule has 0 spiro atoms. The van der Waals surface area contributed by atoms with E-state index >= 15 is 0 Å². The average Bonchev–Trinajstić information content (AvgIpc) is 3.08. The summed E-state index contributed by atoms with van der Waals surface area (Å²) >= 11 is 0. The van der Waals surface area contributed by atoms with Crippen LogP contribution in [0.25, 0.3) is 11.3 Å². The van der Waals surface area contributed by atoms with Crippen molar-refractivity contribution in [3.05, 3.63) is 51.6 Å². The minimum absolute atomic E-state index is 0.0572. The second-order valence-electron chi connectivity index (χ2n) is 6.13. The fraction of sp³-hybridized carbons (Fsp3) is 0.389. The lowest BCUT2D eigenvalue weighted by Gasteiger charge is -2.11. The molecule has 2 N–H and O–H groups in total. The number of nitrogens with one attached hydrogen (secondary N) is 2. The first-order chi connectivity index (χ1) is 11.5. The normalized spacial score (nSPS) is 17.0. The summed E-state index contributed by atoms with van der Waals surface area (Å²) in [6, 6.07) is 7.45. The number of rotatable bonds is 4. The zero-order valence-corrected chi connectivity index (χ0v) is 13.9. The summed E-state index contributed by atoms with van der Waals surface area (Å²) in [5.74, 6) is -0.324. The molecule has 1 aliphatic heterocycles. The molecule has 0 bridgehead atoms. The molecule has 24 heavy (non-hydrogen) atoms. The molecule has 1 aliphatic rings. The number of carbonyl (C=O) groups is 1. The fourth-order valence-electron chi connectivity index (χ4n) is 2.74. The highest BCUT2D eigenvalue weighted by molar-refractivity contribution is 5.93. The van der Waals surface area contributed by atoms with Gasteiger partial charge in [0.2, 0.25) is 0 Å². The first-order valence-corrected chi connectivity index (χ1v) is 8.12. The van der Waals surface area contributed by atoms with Gasteiger partial charge in [-0.2, -0.15) is 4.98 Å². The van der Waals surface area contributed by atoms with Crippen molar-refractivity contribution in [1.82, 2.24) is 15.3 Å². The third-order valence-corrected chi connectivity index (χ3v) is 4.31. The molecule has 1 amide bonds. The first-order valence-electron chi connectivity index (χ1n) is 8.12. The van der Waals surface area contributed by atoms with Crippen molar-refractivity contribution in [2.75, 3.05) is 13.2 Å². The van der Waals surface area contributed by atoms with Crippen LogP contribution in [0.2, 0.25) is 0 Å². The molecule has 2 heterocycles. The standard InChI is InChI=1S/C18H21N3O3/c1-11-5-6-13(8-12(11)2)15-9-16(21-18(23)20-15)17(22)19-10-14-4-3-7-24-14/h5-6,8-9,14H,3-4,7,10H2,1-2H3,(H,19,22)(H,20,21,23). The van der Waals surface area contributed by atoms with Crippen LogP contribution in [-0.2, 0) is 4.74 Å². The van der Waals surface area contributed by atoms with E-state index in [9.17, 15) is 9.59 Å². The van der Waals surface area contributed by atoms with Gasteiger partial charge in [0.05, 0.1) is 11.8 Å². The Labute approximate surface area is 140 Å². The molecule has 126 valence electrons. The van der Waals surface area contributed by atoms with Crippen LogP contribution in [0.3, 0.4) is 0 Å². The Bertz CT molecular complexity index is 807. The summed E-state index contributed by atoms with van der Waals surface area (Å²) in [7, 11) is 0. The number of H-pyrrole nitrogens is 1. The van der Waals surface area contributed by atoms with Gasteiger partial charge in [-0.15, -0.1) is 0 Å². The second-order valence-corrected chi connectivity index (χ2v) is 6.13. The average molecular weight is 327 g/mol. The van der Waals surface area contributed by atoms with Crippen molar-refractivity contribution in [3.8, 4) is 11.3 Å². The number of nitrogens with zero attached hydrogens (tertiary/aromatic N) is 1. The number of aryl methyl sites for hydroxylation is 2. The van der Waals surface area contributed by atoms with Gasteiger partial charge in [0.1, 0.15) is 5.69 Å². The van der Waals surface area contributed by atoms with Gasteiger partial charge in [-0.1, -0.05) is 12.1 Å². The minimum Gasteiger partial charge on any atom is -0.376 e. The Balaban J connectivity index is 1.81. The van der Waals surface area contributed by atoms with Gasteiger partial charge in [0.25, 0.3) is 5.91 Å². The van der Waals surface area contributed by atoms with Crippen LogP contribution in [0.1, 0.15) is 34.5 Å². The summed E-state index contributed by atoms with van der Waals surface area (Å²) < 4.78 is 5.48. The molecular formula is C18H21N3O3. The number of amides is 1. The molecule has 3 rings (SSSR count). The van der Waals surface area contributed by atoms with E-state index < -0.39 is 5.69 Å². The zero-order chi connectivity index (χ0) is 17.1. The molecule has 1 saturated heterocycles. The van der Waals surface area contributed by atoms with Crippen molar-refractivity contribution in [3.63, 3.8) is 0 Å². The third kappa shape index (κ3) is 3.71. The quantitative estimate of drug-likeness (QED) is 0.899. The van der Waals surface area contributed by atoms with Gasteiger partial charge in [0, 0.05) is 18.7 Å². The van der Waals surface area contributed by atoms with Gasteiger partial charge < -0.3 is 15.0 Å². The molecule has 1 fully saturated rings. The largest absolute Gasteiger partial charge is 0.376 e. The van der Waals surface area contributed by atoms with Crippen molar-refractivity contribution in [1.29, 1.82) is 0 Å². The molecule has 6 nitrogen and oxygen atoms in total. The van der Waals surface area contributed by atoms with Crippen LogP contribution < -0.4 is 11.0 Å². The number of aromatic amines is 1. The third-order valence-electron chi connectivity index (χ3n) is 4.31. The van der Waals surface area contributed by atoms with Gasteiger partial charge in [0.15, 0.2) is 0 Å². The van der Waals surface area contributed by atoms with E-state index in [4.69, 9.17) is 4.74 Å². The summed E-state index contributed by atoms with van der Waals surface area (Å²) in [4.78, 5) is 30.6. The van der Waals surface area contributed by atoms with Crippen LogP contribution in [-0.4, -0.2) is 35.1 Å². The van der Waals surface area contributed by atoms with Crippen molar-refractivity contribution < 1.29 is 9.53 Å². The Morgan fingerprint density at radius 2 is 2.17 bits per heavy atom. The van der Waals surface area contributed by atoms with Gasteiger partial charge in [-0.05, 0) is 49.9 Å². The SMILES string of the molecule is Cc1ccc(-c2cc(C(=O)NCC3CCCO3)[nH]c(=O)n2)cc1C. The molecule has 1 aromatic carbocycles. The predicted octanol–water partition coefficient (Wildman–Crippen LogP) is 1.96. The maximum Gasteiger partial charge on any atom is 0.346 e. The number of carbonyl (C=O) groups excluding carboxylic acids is 1. The summed E-state index contributed by atoms with van der Waals surface area (Å²) in [5.41, 5.74) is 3.26. The second kappa shape index (κ2) is 6.97. The number of hydrogen-bond donors (Lipinski definition) is 2. The van der Waals surface area contributed by atoms with E-state index in [-0.39, 0.29) is 17.7 Å². The van der Waals surface area contributed by atoms with Crippen molar-refractivity contribution in [2.45, 2.75) is 32.8 Å². The molecule has 0 saturated carbocycles. The van der Waals surface area contributed by atoms with E-state index in [1.54, 1.807) is 6.07 Å². The molecule has 6 heteroatoms. The van der Waals surface area contributed by atoms with Crippen LogP contribution in [0.15, 0.2) is 29.1 Å². The molecule has 0 aliphatic carbocycles. The van der Waals surface area contributed by atoms with Crippen LogP contribution in [0, 0.1) is 13.8 Å². The van der Waals surface area contributed by atoms with Gasteiger partial charge >= 0.3 is 5.69 Å². The van der Waals surface area contributed by atoms with E-state index in [2.05, 4.69) is 15.3 Å². The summed E-state index contributed by atoms with van der Waals surface area (Å²) in [5, 5.41) is 2.81. The maximum atomic E-state index is 12.3. The lowest BCUT2D eigenvalue weighted by molar-refractivity contribution is 0.0853. The van der Waals surface area contributed by atoms with Gasteiger partial charge in [-0.3, -0.25) is 4.79 Å². The molecule has 0 radical (unpaired) electrons. The van der Waals surface area contributed by atoms with Crippen LogP contribution in [0.5, 0.6) is 0 Å². The Kier molecular flexibility index (Phi) is 4.76. The van der Waals surface area contributed by atoms with E-state index in [1.807, 2.05) is 32.0 Å². The van der Waals surface area contributed by atoms with Gasteiger partial charge in [-0.25, -0.2) is 4.79 Å². The first kappa shape index (κ1) is 16.4. The predicted molar refractivity (Wildman–Crippen MR) is 91.1 cm³/mol. The minimum atomic E-state index is -0.534. The Hall–Kier alpha value is -2.47. The monoisotopic (exact) mass is 327 g/mol. The van der Waals surface area contributed by atoms with E-state index in [0.717, 1.165) is 36.1 Å². The molecule has 2 aromatic rings. The zero-order valence-electron chi connectivity index (χ0n) is 13.9. The highest BCUT2D eigenvalue weighted by Crippen LogP contribution is 2.20. The number of aromatic nitrogens is 2. The number of benzene rings is 1. The maximum absolute atomic E-state index is 12.3. The number of hydrogen-bond acceptors (Lipinski definition) is 4. The van der Waals surface area contributed by atoms with Crippen LogP contribution in [0.4, 0.5) is 0 Å². The van der Waals surface area contributed by atoms with E-state index in [1.165, 1.54) is 0 Å². The van der Waals surface area contributed by atoms with Crippen molar-refractivity contribution >= 4 is 5.91 Å². The molecule has 1 atom stereocenters. The lowest BCUT2D eigenvalue weighted by Crippen LogP contribution is -2.33. The lowest BCUT2D eigenvalue weighted by atomic mass is 10.0. The summed E-state index contributed by atoms with van der Waals surface area (Å²) in [6.45, 7) is 5.21. The molecule has 1 unspecified atom stereocenters. The fourth-order valence-corrected chi connectivity index (χ4v) is 2.74. The Morgan fingerprint density at radius 1 is 1.33 bits per heavy atom.